The van der Waals surface area contributed by atoms with Crippen LogP contribution in [-0.2, 0) is 0 Å². The van der Waals surface area contributed by atoms with Crippen LogP contribution in [0.5, 0.6) is 0 Å². The Morgan fingerprint density at radius 3 is 1.67 bits per heavy atom. The molecule has 2 nitrogen and oxygen atoms in total. The van der Waals surface area contributed by atoms with Gasteiger partial charge in [0, 0.05) is 12.1 Å². The molecule has 2 fully saturated rings. The van der Waals surface area contributed by atoms with Crippen LogP contribution in [0.15, 0.2) is 0 Å². The van der Waals surface area contributed by atoms with Gasteiger partial charge in [0.25, 0.3) is 0 Å². The molecule has 27 heavy (non-hydrogen) atoms. The van der Waals surface area contributed by atoms with Crippen molar-refractivity contribution in [3.63, 3.8) is 0 Å². The van der Waals surface area contributed by atoms with Crippen LogP contribution in [0.2, 0.25) is 0 Å². The maximum Gasteiger partial charge on any atom is 0.00492 e. The van der Waals surface area contributed by atoms with Gasteiger partial charge in [0.2, 0.25) is 0 Å². The molecule has 2 aliphatic carbocycles. The maximum atomic E-state index is 6.16. The third-order valence-electron chi connectivity index (χ3n) is 7.43. The van der Waals surface area contributed by atoms with Crippen LogP contribution >= 0.6 is 0 Å². The van der Waals surface area contributed by atoms with Gasteiger partial charge < -0.3 is 11.5 Å². The summed E-state index contributed by atoms with van der Waals surface area (Å²) in [5.74, 6) is 0.748. The summed E-state index contributed by atoms with van der Waals surface area (Å²) in [6.45, 7) is 21.2. The van der Waals surface area contributed by atoms with Crippen LogP contribution < -0.4 is 11.5 Å². The molecule has 4 atom stereocenters. The molecule has 2 heteroatoms. The van der Waals surface area contributed by atoms with Gasteiger partial charge in [-0.3, -0.25) is 0 Å². The Balaban J connectivity index is 0.000000271. The van der Waals surface area contributed by atoms with Gasteiger partial charge in [0.1, 0.15) is 0 Å². The molecule has 0 heterocycles. The van der Waals surface area contributed by atoms with Gasteiger partial charge >= 0.3 is 0 Å². The Kier molecular flexibility index (Phi) is 8.47. The fourth-order valence-corrected chi connectivity index (χ4v) is 6.57. The van der Waals surface area contributed by atoms with E-state index < -0.39 is 0 Å². The minimum Gasteiger partial charge on any atom is -0.328 e. The molecule has 2 saturated carbocycles. The van der Waals surface area contributed by atoms with Crippen molar-refractivity contribution < 1.29 is 0 Å². The van der Waals surface area contributed by atoms with Crippen molar-refractivity contribution in [1.29, 1.82) is 0 Å². The lowest BCUT2D eigenvalue weighted by molar-refractivity contribution is 0.0444. The lowest BCUT2D eigenvalue weighted by Crippen LogP contribution is -2.44. The summed E-state index contributed by atoms with van der Waals surface area (Å²) >= 11 is 0. The second-order valence-corrected chi connectivity index (χ2v) is 12.7. The predicted octanol–water partition coefficient (Wildman–Crippen LogP) is 6.91. The van der Waals surface area contributed by atoms with Gasteiger partial charge in [0.15, 0.2) is 0 Å². The number of nitrogens with two attached hydrogens (primary N) is 2. The van der Waals surface area contributed by atoms with E-state index in [2.05, 4.69) is 62.3 Å². The van der Waals surface area contributed by atoms with E-state index in [0.29, 0.717) is 33.7 Å². The van der Waals surface area contributed by atoms with Gasteiger partial charge in [-0.2, -0.15) is 0 Å². The molecule has 0 spiro atoms. The molecule has 2 aliphatic rings. The van der Waals surface area contributed by atoms with E-state index in [1.54, 1.807) is 0 Å². The average Bonchev–Trinajstić information content (AvgIpc) is 2.40. The molecule has 4 N–H and O–H groups in total. The first-order valence-corrected chi connectivity index (χ1v) is 11.6. The largest absolute Gasteiger partial charge is 0.328 e. The molecule has 4 unspecified atom stereocenters. The van der Waals surface area contributed by atoms with Crippen molar-refractivity contribution in [1.82, 2.24) is 0 Å². The molecule has 0 aromatic carbocycles. The van der Waals surface area contributed by atoms with Crippen LogP contribution in [0.3, 0.4) is 0 Å². The third kappa shape index (κ3) is 8.05. The molecule has 0 amide bonds. The molecule has 2 rings (SSSR count). The highest BCUT2D eigenvalue weighted by Gasteiger charge is 2.41. The summed E-state index contributed by atoms with van der Waals surface area (Å²) in [5, 5.41) is 0. The molecule has 0 bridgehead atoms. The number of unbranched alkanes of at least 4 members (excludes halogenated alkanes) is 1. The lowest BCUT2D eigenvalue weighted by atomic mass is 9.59. The molecule has 162 valence electrons. The summed E-state index contributed by atoms with van der Waals surface area (Å²) < 4.78 is 0. The Labute approximate surface area is 171 Å². The Hall–Kier alpha value is -0.0800. The van der Waals surface area contributed by atoms with E-state index in [-0.39, 0.29) is 0 Å². The van der Waals surface area contributed by atoms with E-state index in [4.69, 9.17) is 11.5 Å². The van der Waals surface area contributed by atoms with E-state index in [1.807, 2.05) is 0 Å². The van der Waals surface area contributed by atoms with Gasteiger partial charge in [-0.1, -0.05) is 75.2 Å². The predicted molar refractivity (Wildman–Crippen MR) is 122 cm³/mol. The second kappa shape index (κ2) is 9.16. The summed E-state index contributed by atoms with van der Waals surface area (Å²) in [5.41, 5.74) is 14.2. The van der Waals surface area contributed by atoms with Gasteiger partial charge in [-0.15, -0.1) is 0 Å². The SMILES string of the molecule is CC(C)C1(C)CC(N)CC(C)(C)C1.CCCCC1(C)CC(N)CC(C)(C)C1. The average molecular weight is 381 g/mol. The van der Waals surface area contributed by atoms with Crippen molar-refractivity contribution in [2.24, 2.45) is 39.0 Å². The van der Waals surface area contributed by atoms with E-state index in [0.717, 1.165) is 5.92 Å². The molecule has 0 radical (unpaired) electrons. The maximum absolute atomic E-state index is 6.16. The lowest BCUT2D eigenvalue weighted by Gasteiger charge is -2.48. The van der Waals surface area contributed by atoms with Crippen molar-refractivity contribution in [2.45, 2.75) is 132 Å². The Bertz CT molecular complexity index is 453. The number of rotatable bonds is 4. The Morgan fingerprint density at radius 2 is 1.26 bits per heavy atom. The van der Waals surface area contributed by atoms with Gasteiger partial charge in [0.05, 0.1) is 0 Å². The summed E-state index contributed by atoms with van der Waals surface area (Å²) in [6.07, 6.45) is 11.5. The zero-order valence-corrected chi connectivity index (χ0v) is 20.3. The minimum absolute atomic E-state index is 0.413. The number of hydrogen-bond acceptors (Lipinski definition) is 2. The quantitative estimate of drug-likeness (QED) is 0.557. The Morgan fingerprint density at radius 1 is 0.778 bits per heavy atom. The molecular formula is C25H52N2. The minimum atomic E-state index is 0.413. The molecule has 0 saturated heterocycles. The molecular weight excluding hydrogens is 328 g/mol. The highest BCUT2D eigenvalue weighted by Crippen LogP contribution is 2.49. The van der Waals surface area contributed by atoms with Crippen molar-refractivity contribution in [3.8, 4) is 0 Å². The number of hydrogen-bond donors (Lipinski definition) is 2. The molecule has 0 aliphatic heterocycles. The van der Waals surface area contributed by atoms with Crippen LogP contribution in [0, 0.1) is 27.6 Å². The molecule has 0 aromatic heterocycles. The summed E-state index contributed by atoms with van der Waals surface area (Å²) in [4.78, 5) is 0. The first-order chi connectivity index (χ1) is 12.1. The van der Waals surface area contributed by atoms with E-state index >= 15 is 0 Å². The first kappa shape index (κ1) is 25.0. The standard InChI is InChI=1S/C13H27N.C12H25N/c1-5-6-7-13(4)9-11(14)8-12(2,3)10-13;1-9(2)12(5)7-10(13)6-11(3,4)8-12/h11H,5-10,14H2,1-4H3;9-10H,6-8,13H2,1-5H3. The van der Waals surface area contributed by atoms with Crippen molar-refractivity contribution >= 4 is 0 Å². The smallest absolute Gasteiger partial charge is 0.00492 e. The van der Waals surface area contributed by atoms with E-state index in [9.17, 15) is 0 Å². The fraction of sp³-hybridized carbons (Fsp3) is 1.00. The summed E-state index contributed by atoms with van der Waals surface area (Å²) in [7, 11) is 0. The van der Waals surface area contributed by atoms with Crippen molar-refractivity contribution in [3.05, 3.63) is 0 Å². The van der Waals surface area contributed by atoms with Gasteiger partial charge in [-0.05, 0) is 72.5 Å². The monoisotopic (exact) mass is 380 g/mol. The third-order valence-corrected chi connectivity index (χ3v) is 7.43. The normalized spacial score (nSPS) is 38.2. The van der Waals surface area contributed by atoms with Crippen LogP contribution in [0.4, 0.5) is 0 Å². The summed E-state index contributed by atoms with van der Waals surface area (Å²) in [6, 6.07) is 0.844. The highest BCUT2D eigenvalue weighted by molar-refractivity contribution is 4.94. The fourth-order valence-electron chi connectivity index (χ4n) is 6.57. The van der Waals surface area contributed by atoms with Crippen LogP contribution in [0.1, 0.15) is 120 Å². The zero-order valence-electron chi connectivity index (χ0n) is 20.3. The van der Waals surface area contributed by atoms with E-state index in [1.165, 1.54) is 57.8 Å². The first-order valence-electron chi connectivity index (χ1n) is 11.6. The molecule has 0 aromatic rings. The zero-order chi connectivity index (χ0) is 21.1. The highest BCUT2D eigenvalue weighted by atomic mass is 14.7. The van der Waals surface area contributed by atoms with Crippen LogP contribution in [0.25, 0.3) is 0 Å². The van der Waals surface area contributed by atoms with Crippen molar-refractivity contribution in [2.75, 3.05) is 0 Å². The van der Waals surface area contributed by atoms with Gasteiger partial charge in [-0.25, -0.2) is 0 Å². The van der Waals surface area contributed by atoms with Crippen LogP contribution in [-0.4, -0.2) is 12.1 Å². The second-order valence-electron chi connectivity index (χ2n) is 12.7. The topological polar surface area (TPSA) is 52.0 Å².